The van der Waals surface area contributed by atoms with E-state index < -0.39 is 17.5 Å². The number of alkyl halides is 1. The average Bonchev–Trinajstić information content (AvgIpc) is 3.12. The van der Waals surface area contributed by atoms with Crippen LogP contribution in [0, 0.1) is 17.0 Å². The summed E-state index contributed by atoms with van der Waals surface area (Å²) in [5, 5.41) is 2.29. The highest BCUT2D eigenvalue weighted by Crippen LogP contribution is 2.48. The Morgan fingerprint density at radius 3 is 2.58 bits per heavy atom. The molecule has 19 heavy (non-hydrogen) atoms. The lowest BCUT2D eigenvalue weighted by molar-refractivity contribution is 0.0940. The van der Waals surface area contributed by atoms with Crippen molar-refractivity contribution < 1.29 is 13.6 Å². The van der Waals surface area contributed by atoms with Crippen LogP contribution in [0.5, 0.6) is 0 Å². The Hall–Kier alpha value is -0.870. The first-order valence-electron chi connectivity index (χ1n) is 5.96. The SMILES string of the molecule is O=C(NCC1(CCCl)CC1)c1cc(F)c(Cl)cc1F. The van der Waals surface area contributed by atoms with Gasteiger partial charge >= 0.3 is 0 Å². The predicted molar refractivity (Wildman–Crippen MR) is 70.7 cm³/mol. The van der Waals surface area contributed by atoms with Gasteiger partial charge in [-0.25, -0.2) is 8.78 Å². The number of halogens is 4. The molecule has 0 aliphatic heterocycles. The Balaban J connectivity index is 2.02. The highest BCUT2D eigenvalue weighted by Gasteiger charge is 2.41. The van der Waals surface area contributed by atoms with Crippen molar-refractivity contribution in [1.82, 2.24) is 5.32 Å². The maximum atomic E-state index is 13.5. The lowest BCUT2D eigenvalue weighted by Gasteiger charge is -2.14. The van der Waals surface area contributed by atoms with Crippen LogP contribution < -0.4 is 5.32 Å². The van der Waals surface area contributed by atoms with Gasteiger partial charge in [0.2, 0.25) is 0 Å². The maximum Gasteiger partial charge on any atom is 0.254 e. The molecule has 1 saturated carbocycles. The minimum Gasteiger partial charge on any atom is -0.351 e. The summed E-state index contributed by atoms with van der Waals surface area (Å²) in [6.45, 7) is 0.433. The summed E-state index contributed by atoms with van der Waals surface area (Å²) in [4.78, 5) is 11.8. The van der Waals surface area contributed by atoms with Crippen LogP contribution >= 0.6 is 23.2 Å². The Morgan fingerprint density at radius 2 is 2.00 bits per heavy atom. The second-order valence-corrected chi connectivity index (χ2v) is 5.65. The molecule has 0 bridgehead atoms. The molecule has 0 spiro atoms. The van der Waals surface area contributed by atoms with Crippen LogP contribution in [0.25, 0.3) is 0 Å². The molecule has 0 atom stereocenters. The summed E-state index contributed by atoms with van der Waals surface area (Å²) in [5.74, 6) is -1.74. The third-order valence-corrected chi connectivity index (χ3v) is 3.94. The molecule has 1 aliphatic rings. The number of benzene rings is 1. The summed E-state index contributed by atoms with van der Waals surface area (Å²) in [6, 6.07) is 1.62. The highest BCUT2D eigenvalue weighted by atomic mass is 35.5. The normalized spacial score (nSPS) is 16.2. The van der Waals surface area contributed by atoms with Crippen LogP contribution in [-0.4, -0.2) is 18.3 Å². The number of hydrogen-bond donors (Lipinski definition) is 1. The molecule has 1 N–H and O–H groups in total. The summed E-state index contributed by atoms with van der Waals surface area (Å²) < 4.78 is 26.8. The Morgan fingerprint density at radius 1 is 1.32 bits per heavy atom. The molecular weight excluding hydrogens is 295 g/mol. The van der Waals surface area contributed by atoms with Gasteiger partial charge in [-0.15, -0.1) is 11.6 Å². The average molecular weight is 308 g/mol. The van der Waals surface area contributed by atoms with Crippen molar-refractivity contribution in [1.29, 1.82) is 0 Å². The zero-order valence-corrected chi connectivity index (χ0v) is 11.6. The van der Waals surface area contributed by atoms with Crippen LogP contribution in [0.4, 0.5) is 8.78 Å². The smallest absolute Gasteiger partial charge is 0.254 e. The topological polar surface area (TPSA) is 29.1 Å². The first-order valence-corrected chi connectivity index (χ1v) is 6.87. The van der Waals surface area contributed by atoms with Crippen LogP contribution in [0.1, 0.15) is 29.6 Å². The third kappa shape index (κ3) is 3.37. The summed E-state index contributed by atoms with van der Waals surface area (Å²) in [7, 11) is 0. The molecule has 1 aliphatic carbocycles. The summed E-state index contributed by atoms with van der Waals surface area (Å²) in [6.07, 6.45) is 2.81. The zero-order valence-electron chi connectivity index (χ0n) is 10.1. The van der Waals surface area contributed by atoms with Gasteiger partial charge in [0.05, 0.1) is 10.6 Å². The second kappa shape index (κ2) is 5.63. The molecule has 0 aromatic heterocycles. The Kier molecular flexibility index (Phi) is 4.31. The maximum absolute atomic E-state index is 13.5. The van der Waals surface area contributed by atoms with Crippen molar-refractivity contribution in [3.63, 3.8) is 0 Å². The van der Waals surface area contributed by atoms with Crippen molar-refractivity contribution in [2.45, 2.75) is 19.3 Å². The van der Waals surface area contributed by atoms with Crippen molar-refractivity contribution in [3.8, 4) is 0 Å². The van der Waals surface area contributed by atoms with Crippen LogP contribution in [-0.2, 0) is 0 Å². The molecule has 104 valence electrons. The van der Waals surface area contributed by atoms with E-state index >= 15 is 0 Å². The molecule has 0 radical (unpaired) electrons. The molecule has 1 amide bonds. The van der Waals surface area contributed by atoms with Gasteiger partial charge in [-0.1, -0.05) is 11.6 Å². The minimum absolute atomic E-state index is 0.0405. The van der Waals surface area contributed by atoms with E-state index in [4.69, 9.17) is 23.2 Å². The molecule has 1 aromatic rings. The van der Waals surface area contributed by atoms with Crippen molar-refractivity contribution in [3.05, 3.63) is 34.4 Å². The molecule has 0 unspecified atom stereocenters. The highest BCUT2D eigenvalue weighted by molar-refractivity contribution is 6.30. The van der Waals surface area contributed by atoms with Crippen LogP contribution in [0.3, 0.4) is 0 Å². The monoisotopic (exact) mass is 307 g/mol. The first-order chi connectivity index (χ1) is 8.97. The van der Waals surface area contributed by atoms with E-state index in [1.807, 2.05) is 0 Å². The molecule has 1 aromatic carbocycles. The summed E-state index contributed by atoms with van der Waals surface area (Å²) >= 11 is 11.1. The van der Waals surface area contributed by atoms with Gasteiger partial charge in [0.25, 0.3) is 5.91 Å². The number of rotatable bonds is 5. The van der Waals surface area contributed by atoms with E-state index in [2.05, 4.69) is 5.32 Å². The number of nitrogens with one attached hydrogen (secondary N) is 1. The molecular formula is C13H13Cl2F2NO. The van der Waals surface area contributed by atoms with Gasteiger partial charge in [0, 0.05) is 12.4 Å². The van der Waals surface area contributed by atoms with E-state index in [-0.39, 0.29) is 16.0 Å². The van der Waals surface area contributed by atoms with Gasteiger partial charge in [-0.3, -0.25) is 4.79 Å². The number of carbonyl (C=O) groups is 1. The quantitative estimate of drug-likeness (QED) is 0.651. The van der Waals surface area contributed by atoms with E-state index in [9.17, 15) is 13.6 Å². The standard InChI is InChI=1S/C13H13Cl2F2NO/c14-4-3-13(1-2-13)7-18-12(19)8-5-11(17)9(15)6-10(8)16/h5-6H,1-4,7H2,(H,18,19). The number of amides is 1. The first kappa shape index (κ1) is 14.5. The van der Waals surface area contributed by atoms with E-state index in [0.717, 1.165) is 31.4 Å². The van der Waals surface area contributed by atoms with Gasteiger partial charge in [-0.2, -0.15) is 0 Å². The molecule has 2 rings (SSSR count). The largest absolute Gasteiger partial charge is 0.351 e. The second-order valence-electron chi connectivity index (χ2n) is 4.87. The summed E-state index contributed by atoms with van der Waals surface area (Å²) in [5.41, 5.74) is -0.289. The van der Waals surface area contributed by atoms with Gasteiger partial charge in [-0.05, 0) is 36.8 Å². The third-order valence-electron chi connectivity index (χ3n) is 3.46. The van der Waals surface area contributed by atoms with Crippen molar-refractivity contribution >= 4 is 29.1 Å². The molecule has 0 heterocycles. The van der Waals surface area contributed by atoms with E-state index in [1.54, 1.807) is 0 Å². The molecule has 0 saturated heterocycles. The van der Waals surface area contributed by atoms with Gasteiger partial charge < -0.3 is 5.32 Å². The molecule has 2 nitrogen and oxygen atoms in total. The van der Waals surface area contributed by atoms with Gasteiger partial charge in [0.1, 0.15) is 11.6 Å². The van der Waals surface area contributed by atoms with E-state index in [1.165, 1.54) is 0 Å². The Bertz CT molecular complexity index is 504. The van der Waals surface area contributed by atoms with Crippen LogP contribution in [0.15, 0.2) is 12.1 Å². The van der Waals surface area contributed by atoms with E-state index in [0.29, 0.717) is 12.4 Å². The minimum atomic E-state index is -0.828. The van der Waals surface area contributed by atoms with Crippen molar-refractivity contribution in [2.75, 3.05) is 12.4 Å². The zero-order chi connectivity index (χ0) is 14.0. The molecule has 6 heteroatoms. The fourth-order valence-corrected chi connectivity index (χ4v) is 2.50. The fourth-order valence-electron chi connectivity index (χ4n) is 1.95. The number of carbonyl (C=O) groups excluding carboxylic acids is 1. The van der Waals surface area contributed by atoms with Crippen molar-refractivity contribution in [2.24, 2.45) is 5.41 Å². The number of hydrogen-bond acceptors (Lipinski definition) is 1. The van der Waals surface area contributed by atoms with Crippen LogP contribution in [0.2, 0.25) is 5.02 Å². The fraction of sp³-hybridized carbons (Fsp3) is 0.462. The molecule has 1 fully saturated rings. The lowest BCUT2D eigenvalue weighted by atomic mass is 10.0. The lowest BCUT2D eigenvalue weighted by Crippen LogP contribution is -2.31. The predicted octanol–water partition coefficient (Wildman–Crippen LogP) is 3.76. The van der Waals surface area contributed by atoms with Gasteiger partial charge in [0.15, 0.2) is 0 Å². The Labute approximate surface area is 120 Å².